The molecular formula is C20H21ClN2O3S. The highest BCUT2D eigenvalue weighted by Crippen LogP contribution is 2.24. The number of hydrogen-bond acceptors (Lipinski definition) is 3. The Balaban J connectivity index is 1.68. The summed E-state index contributed by atoms with van der Waals surface area (Å²) >= 11 is 6.21. The molecule has 0 aliphatic heterocycles. The molecule has 0 atom stereocenters. The summed E-state index contributed by atoms with van der Waals surface area (Å²) in [7, 11) is -3.70. The molecule has 0 bridgehead atoms. The monoisotopic (exact) mass is 404 g/mol. The van der Waals surface area contributed by atoms with Crippen molar-refractivity contribution in [2.75, 3.05) is 11.3 Å². The van der Waals surface area contributed by atoms with Crippen molar-refractivity contribution in [3.63, 3.8) is 0 Å². The van der Waals surface area contributed by atoms with E-state index in [1.54, 1.807) is 18.2 Å². The second-order valence-corrected chi connectivity index (χ2v) is 8.49. The Morgan fingerprint density at radius 1 is 1.07 bits per heavy atom. The van der Waals surface area contributed by atoms with Crippen molar-refractivity contribution in [3.05, 3.63) is 70.8 Å². The van der Waals surface area contributed by atoms with Crippen molar-refractivity contribution in [2.24, 2.45) is 0 Å². The lowest BCUT2D eigenvalue weighted by atomic mass is 9.99. The fourth-order valence-electron chi connectivity index (χ4n) is 2.93. The first-order valence-corrected chi connectivity index (χ1v) is 10.7. The minimum absolute atomic E-state index is 0.156. The van der Waals surface area contributed by atoms with E-state index in [0.717, 1.165) is 19.3 Å². The first-order chi connectivity index (χ1) is 13.0. The summed E-state index contributed by atoms with van der Waals surface area (Å²) in [5, 5.41) is 3.07. The third kappa shape index (κ3) is 5.11. The van der Waals surface area contributed by atoms with Crippen molar-refractivity contribution >= 4 is 33.2 Å². The zero-order chi connectivity index (χ0) is 19.3. The summed E-state index contributed by atoms with van der Waals surface area (Å²) < 4.78 is 27.2. The second kappa shape index (κ2) is 8.59. The molecule has 0 saturated carbocycles. The molecule has 0 spiro atoms. The van der Waals surface area contributed by atoms with Gasteiger partial charge in [-0.1, -0.05) is 41.4 Å². The molecule has 142 valence electrons. The van der Waals surface area contributed by atoms with Crippen molar-refractivity contribution in [2.45, 2.75) is 30.6 Å². The molecule has 0 heterocycles. The molecule has 1 aliphatic rings. The number of nitrogens with one attached hydrogen (secondary N) is 2. The number of benzene rings is 2. The van der Waals surface area contributed by atoms with Gasteiger partial charge in [0.05, 0.1) is 21.2 Å². The topological polar surface area (TPSA) is 75.3 Å². The lowest BCUT2D eigenvalue weighted by Crippen LogP contribution is -2.26. The maximum absolute atomic E-state index is 12.4. The summed E-state index contributed by atoms with van der Waals surface area (Å²) in [5.41, 5.74) is 1.85. The van der Waals surface area contributed by atoms with E-state index in [-0.39, 0.29) is 15.8 Å². The molecule has 0 aromatic heterocycles. The Kier molecular flexibility index (Phi) is 6.19. The molecule has 5 nitrogen and oxygen atoms in total. The normalized spacial score (nSPS) is 14.3. The maximum atomic E-state index is 12.4. The van der Waals surface area contributed by atoms with Crippen molar-refractivity contribution in [1.82, 2.24) is 5.32 Å². The van der Waals surface area contributed by atoms with E-state index in [4.69, 9.17) is 11.6 Å². The van der Waals surface area contributed by atoms with Gasteiger partial charge in [-0.25, -0.2) is 8.42 Å². The molecule has 3 rings (SSSR count). The molecule has 27 heavy (non-hydrogen) atoms. The third-order valence-electron chi connectivity index (χ3n) is 4.38. The number of sulfonamides is 1. The molecule has 0 unspecified atom stereocenters. The molecule has 2 aromatic carbocycles. The lowest BCUT2D eigenvalue weighted by molar-refractivity contribution is 0.0956. The number of carbonyl (C=O) groups is 1. The zero-order valence-electron chi connectivity index (χ0n) is 14.7. The third-order valence-corrected chi connectivity index (χ3v) is 6.09. The van der Waals surface area contributed by atoms with E-state index in [1.807, 2.05) is 0 Å². The van der Waals surface area contributed by atoms with Gasteiger partial charge < -0.3 is 5.32 Å². The summed E-state index contributed by atoms with van der Waals surface area (Å²) in [6, 6.07) is 12.5. The lowest BCUT2D eigenvalue weighted by Gasteiger charge is -2.14. The second-order valence-electron chi connectivity index (χ2n) is 6.40. The van der Waals surface area contributed by atoms with Gasteiger partial charge in [0.1, 0.15) is 0 Å². The molecule has 7 heteroatoms. The van der Waals surface area contributed by atoms with E-state index >= 15 is 0 Å². The highest BCUT2D eigenvalue weighted by atomic mass is 35.5. The van der Waals surface area contributed by atoms with Gasteiger partial charge in [-0.2, -0.15) is 0 Å². The average Bonchev–Trinajstić information content (AvgIpc) is 2.67. The van der Waals surface area contributed by atoms with Gasteiger partial charge >= 0.3 is 0 Å². The summed E-state index contributed by atoms with van der Waals surface area (Å²) in [5.74, 6) is -0.274. The van der Waals surface area contributed by atoms with Crippen LogP contribution in [0.2, 0.25) is 5.02 Å². The number of hydrogen-bond donors (Lipinski definition) is 2. The maximum Gasteiger partial charge on any atom is 0.261 e. The van der Waals surface area contributed by atoms with E-state index < -0.39 is 10.0 Å². The average molecular weight is 405 g/mol. The van der Waals surface area contributed by atoms with Crippen LogP contribution in [0.1, 0.15) is 36.0 Å². The smallest absolute Gasteiger partial charge is 0.261 e. The van der Waals surface area contributed by atoms with E-state index in [2.05, 4.69) is 16.1 Å². The van der Waals surface area contributed by atoms with Crippen LogP contribution in [0.25, 0.3) is 0 Å². The first kappa shape index (κ1) is 19.5. The molecule has 1 amide bonds. The standard InChI is InChI=1S/C20H21ClN2O3S/c21-19-13-16(23-27(25,26)17-9-5-2-6-10-17)11-12-18(19)20(24)22-14-15-7-3-1-4-8-15/h2,5-7,9-13,23H,1,3-4,8,14H2,(H,22,24). The van der Waals surface area contributed by atoms with Crippen LogP contribution >= 0.6 is 11.6 Å². The minimum Gasteiger partial charge on any atom is -0.348 e. The van der Waals surface area contributed by atoms with Crippen LogP contribution in [0.4, 0.5) is 5.69 Å². The summed E-state index contributed by atoms with van der Waals surface area (Å²) in [6.07, 6.45) is 6.59. The highest BCUT2D eigenvalue weighted by molar-refractivity contribution is 7.92. The summed E-state index contributed by atoms with van der Waals surface area (Å²) in [6.45, 7) is 0.511. The Morgan fingerprint density at radius 3 is 2.52 bits per heavy atom. The van der Waals surface area contributed by atoms with Crippen LogP contribution in [0.3, 0.4) is 0 Å². The Labute approximate surface area is 164 Å². The predicted molar refractivity (Wildman–Crippen MR) is 108 cm³/mol. The number of amides is 1. The van der Waals surface area contributed by atoms with Crippen molar-refractivity contribution < 1.29 is 13.2 Å². The number of rotatable bonds is 6. The number of halogens is 1. The quantitative estimate of drug-likeness (QED) is 0.702. The van der Waals surface area contributed by atoms with Gasteiger partial charge in [0.25, 0.3) is 15.9 Å². The number of carbonyl (C=O) groups excluding carboxylic acids is 1. The fraction of sp³-hybridized carbons (Fsp3) is 0.250. The number of allylic oxidation sites excluding steroid dienone is 1. The zero-order valence-corrected chi connectivity index (χ0v) is 16.3. The van der Waals surface area contributed by atoms with E-state index in [1.165, 1.54) is 42.3 Å². The van der Waals surface area contributed by atoms with Crippen LogP contribution in [-0.2, 0) is 10.0 Å². The van der Waals surface area contributed by atoms with Gasteiger partial charge in [-0.15, -0.1) is 0 Å². The van der Waals surface area contributed by atoms with Crippen LogP contribution in [-0.4, -0.2) is 20.9 Å². The van der Waals surface area contributed by atoms with Crippen molar-refractivity contribution in [3.8, 4) is 0 Å². The molecule has 0 fully saturated rings. The SMILES string of the molecule is O=C(NCC1=CCCCC1)c1ccc(NS(=O)(=O)c2ccccc2)cc1Cl. The van der Waals surface area contributed by atoms with E-state index in [0.29, 0.717) is 17.8 Å². The van der Waals surface area contributed by atoms with Gasteiger partial charge in [0.2, 0.25) is 0 Å². The number of anilines is 1. The molecule has 1 aliphatic carbocycles. The van der Waals surface area contributed by atoms with E-state index in [9.17, 15) is 13.2 Å². The van der Waals surface area contributed by atoms with Crippen LogP contribution in [0.5, 0.6) is 0 Å². The van der Waals surface area contributed by atoms with Gasteiger partial charge in [0.15, 0.2) is 0 Å². The van der Waals surface area contributed by atoms with Crippen LogP contribution in [0, 0.1) is 0 Å². The Hall–Kier alpha value is -2.31. The van der Waals surface area contributed by atoms with Gasteiger partial charge in [0, 0.05) is 6.54 Å². The fourth-order valence-corrected chi connectivity index (χ4v) is 4.27. The largest absolute Gasteiger partial charge is 0.348 e. The molecule has 0 radical (unpaired) electrons. The van der Waals surface area contributed by atoms with Crippen LogP contribution in [0.15, 0.2) is 65.1 Å². The summed E-state index contributed by atoms with van der Waals surface area (Å²) in [4.78, 5) is 12.5. The van der Waals surface area contributed by atoms with Gasteiger partial charge in [-0.05, 0) is 56.0 Å². The highest BCUT2D eigenvalue weighted by Gasteiger charge is 2.16. The first-order valence-electron chi connectivity index (χ1n) is 8.79. The van der Waals surface area contributed by atoms with Crippen LogP contribution < -0.4 is 10.0 Å². The van der Waals surface area contributed by atoms with Gasteiger partial charge in [-0.3, -0.25) is 9.52 Å². The molecular weight excluding hydrogens is 384 g/mol. The van der Waals surface area contributed by atoms with Crippen molar-refractivity contribution in [1.29, 1.82) is 0 Å². The molecule has 2 N–H and O–H groups in total. The molecule has 0 saturated heterocycles. The molecule has 2 aromatic rings. The minimum atomic E-state index is -3.70. The Morgan fingerprint density at radius 2 is 1.85 bits per heavy atom. The Bertz CT molecular complexity index is 956. The predicted octanol–water partition coefficient (Wildman–Crippen LogP) is 4.37.